The largest absolute Gasteiger partial charge is 0.348 e. The van der Waals surface area contributed by atoms with Crippen molar-refractivity contribution in [3.05, 3.63) is 83.2 Å². The van der Waals surface area contributed by atoms with Crippen LogP contribution in [-0.4, -0.2) is 29.1 Å². The maximum atomic E-state index is 12.9. The Bertz CT molecular complexity index is 1220. The van der Waals surface area contributed by atoms with Gasteiger partial charge in [0.25, 0.3) is 11.8 Å². The van der Waals surface area contributed by atoms with E-state index in [4.69, 9.17) is 5.41 Å². The van der Waals surface area contributed by atoms with E-state index in [0.29, 0.717) is 23.5 Å². The number of carbonyl (C=O) groups excluding carboxylic acids is 2. The van der Waals surface area contributed by atoms with Crippen LogP contribution in [0.5, 0.6) is 0 Å². The number of allylic oxidation sites excluding steroid dienone is 2. The number of unbranched alkanes of at least 4 members (excludes halogenated alkanes) is 2. The minimum absolute atomic E-state index is 0.0992. The Morgan fingerprint density at radius 2 is 1.94 bits per heavy atom. The number of nitrogens with zero attached hydrogens (tertiary/aromatic N) is 1. The summed E-state index contributed by atoms with van der Waals surface area (Å²) in [6.07, 6.45) is 6.95. The van der Waals surface area contributed by atoms with Crippen LogP contribution in [0, 0.1) is 5.41 Å². The molecule has 4 rings (SSSR count). The Morgan fingerprint density at radius 1 is 1.15 bits per heavy atom. The van der Waals surface area contributed by atoms with Crippen molar-refractivity contribution >= 4 is 28.9 Å². The van der Waals surface area contributed by atoms with E-state index in [0.717, 1.165) is 36.6 Å². The lowest BCUT2D eigenvalue weighted by molar-refractivity contribution is 0.0891. The van der Waals surface area contributed by atoms with Gasteiger partial charge in [-0.25, -0.2) is 0 Å². The fourth-order valence-electron chi connectivity index (χ4n) is 4.35. The van der Waals surface area contributed by atoms with E-state index < -0.39 is 0 Å². The van der Waals surface area contributed by atoms with Crippen LogP contribution in [0.4, 0.5) is 0 Å². The Balaban J connectivity index is 1.43. The summed E-state index contributed by atoms with van der Waals surface area (Å²) in [5, 5.41) is 14.4. The van der Waals surface area contributed by atoms with E-state index in [9.17, 15) is 9.59 Å². The number of hydrogen-bond acceptors (Lipinski definition) is 3. The highest BCUT2D eigenvalue weighted by atomic mass is 16.2. The molecular formula is C27H30N4O2. The highest BCUT2D eigenvalue weighted by Crippen LogP contribution is 2.30. The number of aromatic nitrogens is 1. The third-order valence-corrected chi connectivity index (χ3v) is 6.13. The SMILES string of the molecule is CC1(C)CNC(=O)c2cc3ccc(C(=O)NC(C=N)=CCCCCc4ccccc4)cc3n21. The standard InChI is InChI=1S/C27H30N4O2/c1-27(2)18-29-26(33)24-15-20-13-14-21(16-23(20)31(24)27)25(32)30-22(17-28)12-8-4-7-11-19-9-5-3-6-10-19/h3,5-6,9-10,12-17,28H,4,7-8,11,18H2,1-2H3,(H,29,33)(H,30,32). The minimum atomic E-state index is -0.292. The molecule has 3 N–H and O–H groups in total. The zero-order valence-electron chi connectivity index (χ0n) is 19.2. The number of carbonyl (C=O) groups is 2. The highest BCUT2D eigenvalue weighted by molar-refractivity contribution is 6.04. The summed E-state index contributed by atoms with van der Waals surface area (Å²) in [5.41, 5.74) is 3.50. The van der Waals surface area contributed by atoms with E-state index in [1.807, 2.05) is 34.9 Å². The Labute approximate surface area is 194 Å². The van der Waals surface area contributed by atoms with Crippen LogP contribution in [0.2, 0.25) is 0 Å². The predicted molar refractivity (Wildman–Crippen MR) is 132 cm³/mol. The van der Waals surface area contributed by atoms with Crippen LogP contribution in [0.1, 0.15) is 59.5 Å². The molecule has 1 aliphatic heterocycles. The smallest absolute Gasteiger partial charge is 0.268 e. The molecule has 0 aliphatic carbocycles. The molecule has 2 aromatic carbocycles. The average molecular weight is 443 g/mol. The van der Waals surface area contributed by atoms with Gasteiger partial charge in [0.05, 0.1) is 11.2 Å². The van der Waals surface area contributed by atoms with E-state index >= 15 is 0 Å². The van der Waals surface area contributed by atoms with Crippen LogP contribution >= 0.6 is 0 Å². The molecule has 0 saturated heterocycles. The molecule has 0 radical (unpaired) electrons. The summed E-state index contributed by atoms with van der Waals surface area (Å²) >= 11 is 0. The first-order valence-electron chi connectivity index (χ1n) is 11.4. The van der Waals surface area contributed by atoms with Crippen molar-refractivity contribution in [1.29, 1.82) is 5.41 Å². The predicted octanol–water partition coefficient (Wildman–Crippen LogP) is 4.80. The summed E-state index contributed by atoms with van der Waals surface area (Å²) in [5.74, 6) is -0.359. The van der Waals surface area contributed by atoms with Gasteiger partial charge in [-0.3, -0.25) is 9.59 Å². The monoisotopic (exact) mass is 442 g/mol. The van der Waals surface area contributed by atoms with Crippen molar-refractivity contribution in [3.8, 4) is 0 Å². The second-order valence-electron chi connectivity index (χ2n) is 9.12. The van der Waals surface area contributed by atoms with Gasteiger partial charge < -0.3 is 20.6 Å². The summed E-state index contributed by atoms with van der Waals surface area (Å²) < 4.78 is 2.01. The summed E-state index contributed by atoms with van der Waals surface area (Å²) in [4.78, 5) is 25.2. The van der Waals surface area contributed by atoms with E-state index in [-0.39, 0.29) is 17.4 Å². The zero-order chi connectivity index (χ0) is 23.4. The fraction of sp³-hybridized carbons (Fsp3) is 0.296. The van der Waals surface area contributed by atoms with Crippen molar-refractivity contribution < 1.29 is 9.59 Å². The lowest BCUT2D eigenvalue weighted by Crippen LogP contribution is -2.47. The molecule has 0 bridgehead atoms. The number of rotatable bonds is 8. The summed E-state index contributed by atoms with van der Waals surface area (Å²) in [6.45, 7) is 4.66. The zero-order valence-corrected chi connectivity index (χ0v) is 19.2. The molecule has 170 valence electrons. The lowest BCUT2D eigenvalue weighted by atomic mass is 10.0. The maximum absolute atomic E-state index is 12.9. The highest BCUT2D eigenvalue weighted by Gasteiger charge is 2.32. The van der Waals surface area contributed by atoms with Crippen molar-refractivity contribution in [1.82, 2.24) is 15.2 Å². The second kappa shape index (κ2) is 9.45. The molecule has 2 amide bonds. The van der Waals surface area contributed by atoms with Crippen molar-refractivity contribution in [2.24, 2.45) is 0 Å². The lowest BCUT2D eigenvalue weighted by Gasteiger charge is -2.34. The van der Waals surface area contributed by atoms with Crippen molar-refractivity contribution in [2.45, 2.75) is 45.1 Å². The Morgan fingerprint density at radius 3 is 2.70 bits per heavy atom. The van der Waals surface area contributed by atoms with Gasteiger partial charge in [-0.2, -0.15) is 0 Å². The van der Waals surface area contributed by atoms with E-state index in [1.54, 1.807) is 6.07 Å². The number of hydrogen-bond donors (Lipinski definition) is 3. The van der Waals surface area contributed by atoms with Gasteiger partial charge in [-0.15, -0.1) is 0 Å². The van der Waals surface area contributed by atoms with Gasteiger partial charge in [0.2, 0.25) is 0 Å². The van der Waals surface area contributed by atoms with Gasteiger partial charge in [-0.05, 0) is 63.3 Å². The number of aryl methyl sites for hydroxylation is 1. The number of amides is 2. The fourth-order valence-corrected chi connectivity index (χ4v) is 4.35. The average Bonchev–Trinajstić information content (AvgIpc) is 3.22. The molecule has 2 heterocycles. The van der Waals surface area contributed by atoms with E-state index in [1.165, 1.54) is 11.8 Å². The van der Waals surface area contributed by atoms with Crippen molar-refractivity contribution in [2.75, 3.05) is 6.54 Å². The third-order valence-electron chi connectivity index (χ3n) is 6.13. The minimum Gasteiger partial charge on any atom is -0.348 e. The van der Waals surface area contributed by atoms with Gasteiger partial charge >= 0.3 is 0 Å². The third kappa shape index (κ3) is 4.90. The van der Waals surface area contributed by atoms with Crippen LogP contribution in [0.25, 0.3) is 10.9 Å². The molecule has 0 saturated carbocycles. The van der Waals surface area contributed by atoms with Crippen LogP contribution in [0.3, 0.4) is 0 Å². The summed E-state index contributed by atoms with van der Waals surface area (Å²) in [7, 11) is 0. The van der Waals surface area contributed by atoms with Gasteiger partial charge in [-0.1, -0.05) is 42.5 Å². The second-order valence-corrected chi connectivity index (χ2v) is 9.12. The van der Waals surface area contributed by atoms with Crippen LogP contribution in [0.15, 0.2) is 66.4 Å². The molecule has 0 unspecified atom stereocenters. The van der Waals surface area contributed by atoms with Gasteiger partial charge in [0.1, 0.15) is 5.69 Å². The molecule has 6 heteroatoms. The molecule has 6 nitrogen and oxygen atoms in total. The molecular weight excluding hydrogens is 412 g/mol. The molecule has 33 heavy (non-hydrogen) atoms. The Hall–Kier alpha value is -3.67. The molecule has 1 aromatic heterocycles. The topological polar surface area (TPSA) is 87.0 Å². The normalized spacial score (nSPS) is 15.1. The quantitative estimate of drug-likeness (QED) is 0.346. The van der Waals surface area contributed by atoms with Gasteiger partial charge in [0.15, 0.2) is 0 Å². The molecule has 0 fully saturated rings. The number of nitrogens with one attached hydrogen (secondary N) is 3. The summed E-state index contributed by atoms with van der Waals surface area (Å²) in [6, 6.07) is 17.7. The molecule has 3 aromatic rings. The molecule has 0 atom stereocenters. The number of benzene rings is 2. The molecule has 0 spiro atoms. The first-order valence-corrected chi connectivity index (χ1v) is 11.4. The Kier molecular flexibility index (Phi) is 6.45. The van der Waals surface area contributed by atoms with Crippen LogP contribution < -0.4 is 10.6 Å². The molecule has 1 aliphatic rings. The maximum Gasteiger partial charge on any atom is 0.268 e. The first-order chi connectivity index (χ1) is 15.9. The van der Waals surface area contributed by atoms with Crippen molar-refractivity contribution in [3.63, 3.8) is 0 Å². The van der Waals surface area contributed by atoms with E-state index in [2.05, 4.69) is 48.7 Å². The first kappa shape index (κ1) is 22.5. The van der Waals surface area contributed by atoms with Crippen LogP contribution in [-0.2, 0) is 12.0 Å². The number of fused-ring (bicyclic) bond motifs is 3. The van der Waals surface area contributed by atoms with Gasteiger partial charge in [0, 0.05) is 29.2 Å².